The molecule has 0 unspecified atom stereocenters. The van der Waals surface area contributed by atoms with Gasteiger partial charge in [-0.25, -0.2) is 9.78 Å². The highest BCUT2D eigenvalue weighted by Crippen LogP contribution is 2.26. The van der Waals surface area contributed by atoms with E-state index in [1.807, 2.05) is 62.4 Å². The molecule has 0 bridgehead atoms. The number of aromatic carboxylic acids is 1. The average Bonchev–Trinajstić information content (AvgIpc) is 3.14. The van der Waals surface area contributed by atoms with Crippen molar-refractivity contribution in [1.82, 2.24) is 14.2 Å². The topological polar surface area (TPSA) is 89.5 Å². The first-order valence-electron chi connectivity index (χ1n) is 11.5. The number of fused-ring (bicyclic) bond motifs is 2. The molecule has 0 atom stereocenters. The van der Waals surface area contributed by atoms with Crippen LogP contribution in [0.15, 0.2) is 81.1 Å². The number of carboxylic acid groups (broad SMARTS) is 1. The van der Waals surface area contributed by atoms with Gasteiger partial charge in [0, 0.05) is 39.6 Å². The van der Waals surface area contributed by atoms with Crippen LogP contribution in [-0.2, 0) is 13.0 Å². The fourth-order valence-corrected chi connectivity index (χ4v) is 4.78. The number of aromatic nitrogens is 3. The Hall–Kier alpha value is -4.04. The van der Waals surface area contributed by atoms with E-state index >= 15 is 0 Å². The lowest BCUT2D eigenvalue weighted by atomic mass is 10.1. The molecule has 2 heterocycles. The summed E-state index contributed by atoms with van der Waals surface area (Å²) in [5.41, 5.74) is 4.61. The molecule has 180 valence electrons. The van der Waals surface area contributed by atoms with Crippen molar-refractivity contribution >= 4 is 49.9 Å². The summed E-state index contributed by atoms with van der Waals surface area (Å²) in [6.07, 6.45) is 2.29. The number of carboxylic acids is 1. The maximum Gasteiger partial charge on any atom is 0.335 e. The van der Waals surface area contributed by atoms with Crippen molar-refractivity contribution in [2.24, 2.45) is 5.10 Å². The Morgan fingerprint density at radius 2 is 1.83 bits per heavy atom. The molecule has 0 fully saturated rings. The van der Waals surface area contributed by atoms with Gasteiger partial charge in [0.2, 0.25) is 0 Å². The molecule has 0 saturated carbocycles. The zero-order valence-corrected chi connectivity index (χ0v) is 21.4. The first-order valence-corrected chi connectivity index (χ1v) is 12.3. The van der Waals surface area contributed by atoms with Crippen molar-refractivity contribution < 1.29 is 9.90 Å². The van der Waals surface area contributed by atoms with E-state index in [9.17, 15) is 14.7 Å². The van der Waals surface area contributed by atoms with Crippen LogP contribution in [0.1, 0.15) is 39.9 Å². The normalized spacial score (nSPS) is 11.6. The fourth-order valence-electron chi connectivity index (χ4n) is 4.42. The average molecular weight is 543 g/mol. The molecule has 5 rings (SSSR count). The zero-order valence-electron chi connectivity index (χ0n) is 19.8. The molecule has 0 aliphatic heterocycles. The Morgan fingerprint density at radius 3 is 2.56 bits per heavy atom. The summed E-state index contributed by atoms with van der Waals surface area (Å²) in [5, 5.41) is 15.3. The molecule has 2 aromatic heterocycles. The molecular formula is C28H23BrN4O3. The Kier molecular flexibility index (Phi) is 6.28. The van der Waals surface area contributed by atoms with Gasteiger partial charge in [-0.3, -0.25) is 4.79 Å². The maximum atomic E-state index is 13.3. The molecule has 36 heavy (non-hydrogen) atoms. The highest BCUT2D eigenvalue weighted by molar-refractivity contribution is 9.10. The number of hydrogen-bond donors (Lipinski definition) is 1. The molecular weight excluding hydrogens is 520 g/mol. The predicted molar refractivity (Wildman–Crippen MR) is 145 cm³/mol. The first-order chi connectivity index (χ1) is 17.4. The first kappa shape index (κ1) is 23.7. The van der Waals surface area contributed by atoms with Gasteiger partial charge in [0.1, 0.15) is 5.82 Å². The van der Waals surface area contributed by atoms with Gasteiger partial charge in [-0.05, 0) is 48.9 Å². The van der Waals surface area contributed by atoms with Gasteiger partial charge in [0.05, 0.1) is 22.7 Å². The van der Waals surface area contributed by atoms with Gasteiger partial charge in [-0.15, -0.1) is 0 Å². The molecule has 0 saturated heterocycles. The zero-order chi connectivity index (χ0) is 25.4. The maximum absolute atomic E-state index is 13.3. The van der Waals surface area contributed by atoms with Crippen LogP contribution < -0.4 is 5.56 Å². The standard InChI is InChI=1S/C28H23BrN4O3/c1-3-26-31-24-13-12-20(29)14-22(24)27(34)33(26)30-15-23-17(2)32(25-7-5-4-6-21(23)25)16-18-8-10-19(11-9-18)28(35)36/h4-15H,3,16H2,1-2H3,(H,35,36). The number of nitrogens with zero attached hydrogens (tertiary/aromatic N) is 4. The van der Waals surface area contributed by atoms with Crippen LogP contribution in [-0.4, -0.2) is 31.5 Å². The second-order valence-corrected chi connectivity index (χ2v) is 9.42. The summed E-state index contributed by atoms with van der Waals surface area (Å²) in [6.45, 7) is 4.54. The molecule has 0 spiro atoms. The van der Waals surface area contributed by atoms with E-state index in [1.165, 1.54) is 4.68 Å². The van der Waals surface area contributed by atoms with Crippen molar-refractivity contribution in [3.05, 3.63) is 110 Å². The summed E-state index contributed by atoms with van der Waals surface area (Å²) in [5.74, 6) is -0.356. The molecule has 0 radical (unpaired) electrons. The Bertz CT molecular complexity index is 1720. The number of carbonyl (C=O) groups is 1. The van der Waals surface area contributed by atoms with Crippen LogP contribution in [0.25, 0.3) is 21.8 Å². The van der Waals surface area contributed by atoms with E-state index in [0.717, 1.165) is 32.2 Å². The lowest BCUT2D eigenvalue weighted by Gasteiger charge is -2.09. The number of para-hydroxylation sites is 1. The minimum absolute atomic E-state index is 0.214. The monoisotopic (exact) mass is 542 g/mol. The van der Waals surface area contributed by atoms with Gasteiger partial charge in [-0.2, -0.15) is 9.78 Å². The van der Waals surface area contributed by atoms with E-state index in [4.69, 9.17) is 0 Å². The Morgan fingerprint density at radius 1 is 1.08 bits per heavy atom. The summed E-state index contributed by atoms with van der Waals surface area (Å²) >= 11 is 3.43. The summed E-state index contributed by atoms with van der Waals surface area (Å²) in [4.78, 5) is 29.1. The number of halogens is 1. The molecule has 0 aliphatic rings. The second-order valence-electron chi connectivity index (χ2n) is 8.51. The second kappa shape index (κ2) is 9.54. The van der Waals surface area contributed by atoms with Crippen LogP contribution in [0.2, 0.25) is 0 Å². The van der Waals surface area contributed by atoms with E-state index in [0.29, 0.717) is 29.7 Å². The van der Waals surface area contributed by atoms with Crippen molar-refractivity contribution in [1.29, 1.82) is 0 Å². The van der Waals surface area contributed by atoms with Gasteiger partial charge in [0.25, 0.3) is 5.56 Å². The van der Waals surface area contributed by atoms with Gasteiger partial charge in [0.15, 0.2) is 0 Å². The molecule has 8 heteroatoms. The van der Waals surface area contributed by atoms with Crippen LogP contribution in [0.3, 0.4) is 0 Å². The molecule has 5 aromatic rings. The van der Waals surface area contributed by atoms with E-state index in [1.54, 1.807) is 24.4 Å². The predicted octanol–water partition coefficient (Wildman–Crippen LogP) is 5.61. The minimum atomic E-state index is -0.945. The number of aryl methyl sites for hydroxylation is 1. The third kappa shape index (κ3) is 4.24. The largest absolute Gasteiger partial charge is 0.478 e. The van der Waals surface area contributed by atoms with Gasteiger partial charge >= 0.3 is 5.97 Å². The van der Waals surface area contributed by atoms with Gasteiger partial charge in [-0.1, -0.05) is 53.2 Å². The van der Waals surface area contributed by atoms with E-state index in [-0.39, 0.29) is 11.1 Å². The molecule has 0 amide bonds. The quantitative estimate of drug-likeness (QED) is 0.282. The van der Waals surface area contributed by atoms with Crippen LogP contribution in [0.4, 0.5) is 0 Å². The Labute approximate surface area is 215 Å². The van der Waals surface area contributed by atoms with Crippen LogP contribution in [0.5, 0.6) is 0 Å². The molecule has 3 aromatic carbocycles. The molecule has 1 N–H and O–H groups in total. The van der Waals surface area contributed by atoms with Crippen molar-refractivity contribution in [3.8, 4) is 0 Å². The van der Waals surface area contributed by atoms with Crippen molar-refractivity contribution in [3.63, 3.8) is 0 Å². The lowest BCUT2D eigenvalue weighted by molar-refractivity contribution is 0.0697. The van der Waals surface area contributed by atoms with E-state index < -0.39 is 5.97 Å². The van der Waals surface area contributed by atoms with E-state index in [2.05, 4.69) is 30.6 Å². The number of benzene rings is 3. The summed E-state index contributed by atoms with van der Waals surface area (Å²) in [7, 11) is 0. The van der Waals surface area contributed by atoms with Crippen molar-refractivity contribution in [2.75, 3.05) is 0 Å². The molecule has 0 aliphatic carbocycles. The third-order valence-corrected chi connectivity index (χ3v) is 6.81. The highest BCUT2D eigenvalue weighted by Gasteiger charge is 2.15. The lowest BCUT2D eigenvalue weighted by Crippen LogP contribution is -2.22. The number of hydrogen-bond acceptors (Lipinski definition) is 4. The van der Waals surface area contributed by atoms with Crippen LogP contribution in [0, 0.1) is 6.92 Å². The number of rotatable bonds is 6. The smallest absolute Gasteiger partial charge is 0.335 e. The summed E-state index contributed by atoms with van der Waals surface area (Å²) in [6, 6.07) is 20.4. The SMILES string of the molecule is CCc1nc2ccc(Br)cc2c(=O)n1N=Cc1c(C)n(Cc2ccc(C(=O)O)cc2)c2ccccc12. The van der Waals surface area contributed by atoms with Crippen molar-refractivity contribution in [2.45, 2.75) is 26.8 Å². The molecule has 7 nitrogen and oxygen atoms in total. The third-order valence-electron chi connectivity index (χ3n) is 6.32. The van der Waals surface area contributed by atoms with Crippen LogP contribution >= 0.6 is 15.9 Å². The highest BCUT2D eigenvalue weighted by atomic mass is 79.9. The minimum Gasteiger partial charge on any atom is -0.478 e. The fraction of sp³-hybridized carbons (Fsp3) is 0.143. The van der Waals surface area contributed by atoms with Gasteiger partial charge < -0.3 is 9.67 Å². The Balaban J connectivity index is 1.60. The summed E-state index contributed by atoms with van der Waals surface area (Å²) < 4.78 is 4.36.